The fraction of sp³-hybridized carbons (Fsp3) is 0.476. The predicted molar refractivity (Wildman–Crippen MR) is 113 cm³/mol. The molecule has 4 rings (SSSR count). The quantitative estimate of drug-likeness (QED) is 0.813. The van der Waals surface area contributed by atoms with Gasteiger partial charge in [0.25, 0.3) is 5.91 Å². The van der Waals surface area contributed by atoms with Crippen LogP contribution in [0, 0.1) is 0 Å². The number of carbonyl (C=O) groups excluding carboxylic acids is 2. The van der Waals surface area contributed by atoms with Gasteiger partial charge < -0.3 is 15.0 Å². The van der Waals surface area contributed by atoms with Crippen LogP contribution in [0.5, 0.6) is 5.75 Å². The van der Waals surface area contributed by atoms with Crippen molar-refractivity contribution in [2.24, 2.45) is 0 Å². The smallest absolute Gasteiger partial charge is 0.284 e. The minimum atomic E-state index is -0.197. The summed E-state index contributed by atoms with van der Waals surface area (Å²) in [6.45, 7) is 3.90. The van der Waals surface area contributed by atoms with Gasteiger partial charge >= 0.3 is 0 Å². The largest absolute Gasteiger partial charge is 0.497 e. The predicted octanol–water partition coefficient (Wildman–Crippen LogP) is 2.43. The Morgan fingerprint density at radius 3 is 2.76 bits per heavy atom. The summed E-state index contributed by atoms with van der Waals surface area (Å²) < 4.78 is 5.20. The van der Waals surface area contributed by atoms with Crippen LogP contribution in [0.1, 0.15) is 33.2 Å². The Hall–Kier alpha value is -2.45. The first-order chi connectivity index (χ1) is 14.1. The third kappa shape index (κ3) is 4.76. The number of hydrogen-bond acceptors (Lipinski definition) is 6. The van der Waals surface area contributed by atoms with Crippen molar-refractivity contribution in [1.82, 2.24) is 14.8 Å². The van der Waals surface area contributed by atoms with E-state index in [9.17, 15) is 9.59 Å². The number of thiazole rings is 1. The van der Waals surface area contributed by atoms with Gasteiger partial charge in [0.05, 0.1) is 19.3 Å². The van der Waals surface area contributed by atoms with Gasteiger partial charge in [0.2, 0.25) is 5.91 Å². The van der Waals surface area contributed by atoms with Crippen LogP contribution in [0.3, 0.4) is 0 Å². The number of rotatable bonds is 5. The second-order valence-corrected chi connectivity index (χ2v) is 8.52. The Kier molecular flexibility index (Phi) is 6.10. The molecule has 0 spiro atoms. The number of aromatic nitrogens is 1. The van der Waals surface area contributed by atoms with Gasteiger partial charge in [0.1, 0.15) is 5.75 Å². The number of anilines is 1. The Balaban J connectivity index is 1.35. The van der Waals surface area contributed by atoms with Crippen molar-refractivity contribution in [3.05, 3.63) is 39.8 Å². The van der Waals surface area contributed by atoms with E-state index < -0.39 is 0 Å². The molecule has 2 amide bonds. The molecule has 1 aromatic carbocycles. The monoisotopic (exact) mass is 414 g/mol. The zero-order valence-electron chi connectivity index (χ0n) is 16.6. The van der Waals surface area contributed by atoms with E-state index in [0.717, 1.165) is 62.4 Å². The molecule has 0 unspecified atom stereocenters. The van der Waals surface area contributed by atoms with E-state index in [-0.39, 0.29) is 11.8 Å². The molecule has 2 aromatic rings. The molecule has 154 valence electrons. The lowest BCUT2D eigenvalue weighted by Gasteiger charge is -2.23. The molecule has 8 heteroatoms. The summed E-state index contributed by atoms with van der Waals surface area (Å²) in [6.07, 6.45) is 3.83. The molecule has 1 saturated heterocycles. The molecule has 2 aliphatic rings. The van der Waals surface area contributed by atoms with Crippen molar-refractivity contribution in [3.63, 3.8) is 0 Å². The summed E-state index contributed by atoms with van der Waals surface area (Å²) in [4.78, 5) is 34.9. The molecule has 0 bridgehead atoms. The van der Waals surface area contributed by atoms with Gasteiger partial charge in [-0.2, -0.15) is 0 Å². The van der Waals surface area contributed by atoms with Crippen molar-refractivity contribution in [2.75, 3.05) is 45.2 Å². The number of nitrogens with one attached hydrogen (secondary N) is 1. The van der Waals surface area contributed by atoms with E-state index in [1.165, 1.54) is 11.3 Å². The molecule has 0 atom stereocenters. The minimum Gasteiger partial charge on any atom is -0.497 e. The lowest BCUT2D eigenvalue weighted by molar-refractivity contribution is -0.131. The summed E-state index contributed by atoms with van der Waals surface area (Å²) in [5.41, 5.74) is 1.67. The normalized spacial score (nSPS) is 16.9. The third-order valence-electron chi connectivity index (χ3n) is 5.44. The zero-order chi connectivity index (χ0) is 20.2. The lowest BCUT2D eigenvalue weighted by atomic mass is 10.2. The van der Waals surface area contributed by atoms with Gasteiger partial charge in [-0.15, -0.1) is 11.3 Å². The second-order valence-electron chi connectivity index (χ2n) is 7.44. The summed E-state index contributed by atoms with van der Waals surface area (Å²) >= 11 is 1.46. The molecule has 0 radical (unpaired) electrons. The molecule has 7 nitrogen and oxygen atoms in total. The van der Waals surface area contributed by atoms with Gasteiger partial charge in [-0.3, -0.25) is 14.5 Å². The average Bonchev–Trinajstić information content (AvgIpc) is 3.37. The molecule has 29 heavy (non-hydrogen) atoms. The SMILES string of the molecule is COc1cccc(NC(=O)c2nc3c(s2)CCN(CC(=O)N2CCCC2)CC3)c1. The van der Waals surface area contributed by atoms with Crippen molar-refractivity contribution in [1.29, 1.82) is 0 Å². The first kappa shape index (κ1) is 19.8. The maximum Gasteiger partial charge on any atom is 0.284 e. The third-order valence-corrected chi connectivity index (χ3v) is 6.59. The zero-order valence-corrected chi connectivity index (χ0v) is 17.5. The summed E-state index contributed by atoms with van der Waals surface area (Å²) in [5, 5.41) is 3.38. The number of ether oxygens (including phenoxy) is 1. The fourth-order valence-corrected chi connectivity index (χ4v) is 4.80. The summed E-state index contributed by atoms with van der Waals surface area (Å²) in [7, 11) is 1.60. The first-order valence-electron chi connectivity index (χ1n) is 10.1. The Morgan fingerprint density at radius 2 is 1.97 bits per heavy atom. The van der Waals surface area contributed by atoms with Gasteiger partial charge in [0, 0.05) is 49.2 Å². The van der Waals surface area contributed by atoms with Crippen LogP contribution in [0.2, 0.25) is 0 Å². The number of methoxy groups -OCH3 is 1. The number of benzene rings is 1. The van der Waals surface area contributed by atoms with E-state index >= 15 is 0 Å². The number of hydrogen-bond donors (Lipinski definition) is 1. The topological polar surface area (TPSA) is 74.8 Å². The Bertz CT molecular complexity index is 866. The molecule has 1 aromatic heterocycles. The highest BCUT2D eigenvalue weighted by atomic mass is 32.1. The van der Waals surface area contributed by atoms with Crippen molar-refractivity contribution < 1.29 is 14.3 Å². The van der Waals surface area contributed by atoms with Gasteiger partial charge in [-0.05, 0) is 31.4 Å². The van der Waals surface area contributed by atoms with Crippen molar-refractivity contribution >= 4 is 28.8 Å². The number of fused-ring (bicyclic) bond motifs is 1. The number of amides is 2. The average molecular weight is 415 g/mol. The highest BCUT2D eigenvalue weighted by Gasteiger charge is 2.24. The Labute approximate surface area is 174 Å². The molecule has 2 aliphatic heterocycles. The number of likely N-dealkylation sites (tertiary alicyclic amines) is 1. The summed E-state index contributed by atoms with van der Waals surface area (Å²) in [6, 6.07) is 7.28. The van der Waals surface area contributed by atoms with E-state index in [2.05, 4.69) is 15.2 Å². The highest BCUT2D eigenvalue weighted by Crippen LogP contribution is 2.25. The number of carbonyl (C=O) groups is 2. The maximum absolute atomic E-state index is 12.6. The molecule has 1 N–H and O–H groups in total. The van der Waals surface area contributed by atoms with Crippen molar-refractivity contribution in [2.45, 2.75) is 25.7 Å². The van der Waals surface area contributed by atoms with Gasteiger partial charge in [-0.1, -0.05) is 6.07 Å². The van der Waals surface area contributed by atoms with Crippen LogP contribution < -0.4 is 10.1 Å². The lowest BCUT2D eigenvalue weighted by Crippen LogP contribution is -2.40. The molecule has 1 fully saturated rings. The van der Waals surface area contributed by atoms with E-state index in [0.29, 0.717) is 23.0 Å². The van der Waals surface area contributed by atoms with E-state index in [1.54, 1.807) is 13.2 Å². The summed E-state index contributed by atoms with van der Waals surface area (Å²) in [5.74, 6) is 0.734. The fourth-order valence-electron chi connectivity index (χ4n) is 3.81. The minimum absolute atomic E-state index is 0.197. The van der Waals surface area contributed by atoms with Crippen LogP contribution in [0.15, 0.2) is 24.3 Å². The van der Waals surface area contributed by atoms with E-state index in [4.69, 9.17) is 4.74 Å². The maximum atomic E-state index is 12.6. The second kappa shape index (κ2) is 8.92. The van der Waals surface area contributed by atoms with Crippen LogP contribution >= 0.6 is 11.3 Å². The number of nitrogens with zero attached hydrogens (tertiary/aromatic N) is 3. The molecule has 0 aliphatic carbocycles. The molecule has 3 heterocycles. The van der Waals surface area contributed by atoms with E-state index in [1.807, 2.05) is 23.1 Å². The van der Waals surface area contributed by atoms with Gasteiger partial charge in [-0.25, -0.2) is 4.98 Å². The van der Waals surface area contributed by atoms with Crippen LogP contribution in [-0.2, 0) is 17.6 Å². The molecular weight excluding hydrogens is 388 g/mol. The van der Waals surface area contributed by atoms with Crippen molar-refractivity contribution in [3.8, 4) is 5.75 Å². The van der Waals surface area contributed by atoms with Gasteiger partial charge in [0.15, 0.2) is 5.01 Å². The molecule has 0 saturated carbocycles. The van der Waals surface area contributed by atoms with Crippen LogP contribution in [-0.4, -0.2) is 66.4 Å². The Morgan fingerprint density at radius 1 is 1.17 bits per heavy atom. The highest BCUT2D eigenvalue weighted by molar-refractivity contribution is 7.13. The van der Waals surface area contributed by atoms with Crippen LogP contribution in [0.25, 0.3) is 0 Å². The van der Waals surface area contributed by atoms with Crippen LogP contribution in [0.4, 0.5) is 5.69 Å². The standard InChI is InChI=1S/C21H26N4O3S/c1-28-16-6-4-5-15(13-16)22-20(27)21-23-17-7-11-24(12-8-18(17)29-21)14-19(26)25-9-2-3-10-25/h4-6,13H,2-3,7-12,14H2,1H3,(H,22,27). The first-order valence-corrected chi connectivity index (χ1v) is 10.9. The molecular formula is C21H26N4O3S.